The quantitative estimate of drug-likeness (QED) is 0.862. The average Bonchev–Trinajstić information content (AvgIpc) is 2.63. The van der Waals surface area contributed by atoms with Crippen molar-refractivity contribution in [3.63, 3.8) is 0 Å². The highest BCUT2D eigenvalue weighted by atomic mass is 32.1. The Morgan fingerprint density at radius 2 is 1.93 bits per heavy atom. The van der Waals surface area contributed by atoms with Crippen LogP contribution in [-0.4, -0.2) is 9.97 Å². The summed E-state index contributed by atoms with van der Waals surface area (Å²) in [5.41, 5.74) is 3.70. The van der Waals surface area contributed by atoms with Gasteiger partial charge in [0.2, 0.25) is 5.95 Å². The lowest BCUT2D eigenvalue weighted by Gasteiger charge is -2.03. The molecule has 2 aromatic rings. The minimum Gasteiger partial charge on any atom is -0.350 e. The lowest BCUT2D eigenvalue weighted by molar-refractivity contribution is 1.04. The SMILES string of the molecule is Cc1cnc(NCc2cscc2C)nc1. The zero-order valence-electron chi connectivity index (χ0n) is 8.82. The first-order valence-corrected chi connectivity index (χ1v) is 5.74. The van der Waals surface area contributed by atoms with Crippen LogP contribution in [0, 0.1) is 13.8 Å². The summed E-state index contributed by atoms with van der Waals surface area (Å²) in [4.78, 5) is 8.38. The van der Waals surface area contributed by atoms with Crippen molar-refractivity contribution in [3.05, 3.63) is 39.8 Å². The molecule has 0 bridgehead atoms. The van der Waals surface area contributed by atoms with E-state index in [1.54, 1.807) is 11.3 Å². The van der Waals surface area contributed by atoms with Crippen LogP contribution < -0.4 is 5.32 Å². The molecule has 0 spiro atoms. The summed E-state index contributed by atoms with van der Waals surface area (Å²) in [6, 6.07) is 0. The van der Waals surface area contributed by atoms with Crippen LogP contribution in [0.25, 0.3) is 0 Å². The van der Waals surface area contributed by atoms with E-state index >= 15 is 0 Å². The van der Waals surface area contributed by atoms with Gasteiger partial charge in [0.05, 0.1) is 0 Å². The molecule has 15 heavy (non-hydrogen) atoms. The third-order valence-electron chi connectivity index (χ3n) is 2.18. The molecule has 0 aliphatic rings. The van der Waals surface area contributed by atoms with Crippen molar-refractivity contribution in [2.45, 2.75) is 20.4 Å². The van der Waals surface area contributed by atoms with Crippen LogP contribution >= 0.6 is 11.3 Å². The van der Waals surface area contributed by atoms with Gasteiger partial charge in [-0.1, -0.05) is 0 Å². The average molecular weight is 219 g/mol. The van der Waals surface area contributed by atoms with Crippen LogP contribution in [0.1, 0.15) is 16.7 Å². The van der Waals surface area contributed by atoms with Crippen molar-refractivity contribution < 1.29 is 0 Å². The zero-order chi connectivity index (χ0) is 10.7. The van der Waals surface area contributed by atoms with Gasteiger partial charge in [0, 0.05) is 18.9 Å². The molecule has 2 rings (SSSR count). The predicted octanol–water partition coefficient (Wildman–Crippen LogP) is 2.77. The van der Waals surface area contributed by atoms with Gasteiger partial charge in [-0.15, -0.1) is 0 Å². The molecule has 0 saturated carbocycles. The number of thiophene rings is 1. The summed E-state index contributed by atoms with van der Waals surface area (Å²) >= 11 is 1.72. The Morgan fingerprint density at radius 1 is 1.20 bits per heavy atom. The number of hydrogen-bond donors (Lipinski definition) is 1. The summed E-state index contributed by atoms with van der Waals surface area (Å²) < 4.78 is 0. The zero-order valence-corrected chi connectivity index (χ0v) is 9.64. The maximum Gasteiger partial charge on any atom is 0.222 e. The molecule has 1 N–H and O–H groups in total. The van der Waals surface area contributed by atoms with E-state index in [0.29, 0.717) is 5.95 Å². The molecule has 2 aromatic heterocycles. The summed E-state index contributed by atoms with van der Waals surface area (Å²) in [5, 5.41) is 7.49. The number of anilines is 1. The lowest BCUT2D eigenvalue weighted by atomic mass is 10.2. The van der Waals surface area contributed by atoms with Crippen molar-refractivity contribution in [1.82, 2.24) is 9.97 Å². The van der Waals surface area contributed by atoms with Crippen molar-refractivity contribution in [2.75, 3.05) is 5.32 Å². The van der Waals surface area contributed by atoms with Gasteiger partial charge in [-0.3, -0.25) is 0 Å². The molecule has 3 nitrogen and oxygen atoms in total. The van der Waals surface area contributed by atoms with E-state index in [9.17, 15) is 0 Å². The number of aryl methyl sites for hydroxylation is 2. The normalized spacial score (nSPS) is 10.3. The highest BCUT2D eigenvalue weighted by Gasteiger charge is 2.00. The first-order chi connectivity index (χ1) is 7.25. The molecular formula is C11H13N3S. The molecule has 78 valence electrons. The van der Waals surface area contributed by atoms with Crippen molar-refractivity contribution in [1.29, 1.82) is 0 Å². The molecule has 0 unspecified atom stereocenters. The minimum absolute atomic E-state index is 0.686. The fraction of sp³-hybridized carbons (Fsp3) is 0.273. The van der Waals surface area contributed by atoms with Crippen LogP contribution in [0.3, 0.4) is 0 Å². The largest absolute Gasteiger partial charge is 0.350 e. The summed E-state index contributed by atoms with van der Waals surface area (Å²) in [6.07, 6.45) is 3.63. The Labute approximate surface area is 93.2 Å². The maximum atomic E-state index is 4.19. The van der Waals surface area contributed by atoms with Crippen LogP contribution in [-0.2, 0) is 6.54 Å². The van der Waals surface area contributed by atoms with Gasteiger partial charge >= 0.3 is 0 Å². The number of aromatic nitrogens is 2. The molecule has 0 aromatic carbocycles. The molecule has 0 aliphatic carbocycles. The smallest absolute Gasteiger partial charge is 0.222 e. The summed E-state index contributed by atoms with van der Waals surface area (Å²) in [5.74, 6) is 0.686. The lowest BCUT2D eigenvalue weighted by Crippen LogP contribution is -2.03. The Balaban J connectivity index is 1.99. The standard InChI is InChI=1S/C11H13N3S/c1-8-3-12-11(13-4-8)14-5-10-7-15-6-9(10)2/h3-4,6-7H,5H2,1-2H3,(H,12,13,14). The molecule has 0 saturated heterocycles. The molecule has 0 aliphatic heterocycles. The Kier molecular flexibility index (Phi) is 2.97. The van der Waals surface area contributed by atoms with Crippen LogP contribution in [0.4, 0.5) is 5.95 Å². The molecule has 2 heterocycles. The Hall–Kier alpha value is -1.42. The second-order valence-corrected chi connectivity index (χ2v) is 4.26. The number of hydrogen-bond acceptors (Lipinski definition) is 4. The van der Waals surface area contributed by atoms with E-state index in [2.05, 4.69) is 33.0 Å². The maximum absolute atomic E-state index is 4.19. The van der Waals surface area contributed by atoms with Crippen LogP contribution in [0.15, 0.2) is 23.2 Å². The molecular weight excluding hydrogens is 206 g/mol. The van der Waals surface area contributed by atoms with Crippen LogP contribution in [0.5, 0.6) is 0 Å². The van der Waals surface area contributed by atoms with Crippen LogP contribution in [0.2, 0.25) is 0 Å². The molecule has 0 radical (unpaired) electrons. The second kappa shape index (κ2) is 4.40. The van der Waals surface area contributed by atoms with Crippen molar-refractivity contribution in [3.8, 4) is 0 Å². The molecule has 4 heteroatoms. The van der Waals surface area contributed by atoms with Gasteiger partial charge in [0.15, 0.2) is 0 Å². The van der Waals surface area contributed by atoms with Gasteiger partial charge < -0.3 is 5.32 Å². The highest BCUT2D eigenvalue weighted by molar-refractivity contribution is 7.08. The number of rotatable bonds is 3. The van der Waals surface area contributed by atoms with E-state index in [-0.39, 0.29) is 0 Å². The third kappa shape index (κ3) is 2.53. The summed E-state index contributed by atoms with van der Waals surface area (Å²) in [7, 11) is 0. The monoisotopic (exact) mass is 219 g/mol. The number of nitrogens with one attached hydrogen (secondary N) is 1. The molecule has 0 amide bonds. The third-order valence-corrected chi connectivity index (χ3v) is 3.09. The van der Waals surface area contributed by atoms with E-state index in [0.717, 1.165) is 12.1 Å². The minimum atomic E-state index is 0.686. The fourth-order valence-electron chi connectivity index (χ4n) is 1.23. The molecule has 0 atom stereocenters. The van der Waals surface area contributed by atoms with Gasteiger partial charge in [-0.05, 0) is 41.3 Å². The van der Waals surface area contributed by atoms with Gasteiger partial charge in [-0.25, -0.2) is 9.97 Å². The first kappa shape index (κ1) is 10.1. The van der Waals surface area contributed by atoms with E-state index < -0.39 is 0 Å². The van der Waals surface area contributed by atoms with Crippen molar-refractivity contribution in [2.24, 2.45) is 0 Å². The fourth-order valence-corrected chi connectivity index (χ4v) is 2.08. The number of nitrogens with zero attached hydrogens (tertiary/aromatic N) is 2. The first-order valence-electron chi connectivity index (χ1n) is 4.80. The molecule has 0 fully saturated rings. The van der Waals surface area contributed by atoms with E-state index in [1.165, 1.54) is 11.1 Å². The van der Waals surface area contributed by atoms with E-state index in [1.807, 2.05) is 19.3 Å². The summed E-state index contributed by atoms with van der Waals surface area (Å²) in [6.45, 7) is 4.88. The van der Waals surface area contributed by atoms with E-state index in [4.69, 9.17) is 0 Å². The topological polar surface area (TPSA) is 37.8 Å². The Morgan fingerprint density at radius 3 is 2.53 bits per heavy atom. The van der Waals surface area contributed by atoms with Gasteiger partial charge in [0.1, 0.15) is 0 Å². The second-order valence-electron chi connectivity index (χ2n) is 3.52. The van der Waals surface area contributed by atoms with Crippen molar-refractivity contribution >= 4 is 17.3 Å². The van der Waals surface area contributed by atoms with Gasteiger partial charge in [0.25, 0.3) is 0 Å². The predicted molar refractivity (Wildman–Crippen MR) is 63.2 cm³/mol. The Bertz CT molecular complexity index is 433. The highest BCUT2D eigenvalue weighted by Crippen LogP contribution is 2.14. The van der Waals surface area contributed by atoms with Gasteiger partial charge in [-0.2, -0.15) is 11.3 Å².